The molecule has 9 heteroatoms. The predicted molar refractivity (Wildman–Crippen MR) is 240 cm³/mol. The van der Waals surface area contributed by atoms with Crippen molar-refractivity contribution in [2.75, 3.05) is 13.2 Å². The molecule has 0 bridgehead atoms. The molecule has 0 rings (SSSR count). The third kappa shape index (κ3) is 39.4. The lowest BCUT2D eigenvalue weighted by Gasteiger charge is -2.15. The van der Waals surface area contributed by atoms with Gasteiger partial charge < -0.3 is 25.6 Å². The molecule has 4 N–H and O–H groups in total. The number of ether oxygens (including phenoxy) is 1. The number of allylic oxidation sites excluding steroid dienone is 9. The van der Waals surface area contributed by atoms with Gasteiger partial charge in [0.2, 0.25) is 11.8 Å². The Hall–Kier alpha value is -3.46. The Labute approximate surface area is 353 Å². The van der Waals surface area contributed by atoms with Gasteiger partial charge in [0.25, 0.3) is 0 Å². The average molecular weight is 813 g/mol. The van der Waals surface area contributed by atoms with Gasteiger partial charge in [0.05, 0.1) is 13.2 Å². The van der Waals surface area contributed by atoms with Gasteiger partial charge in [-0.15, -0.1) is 0 Å². The Morgan fingerprint density at radius 3 is 1.59 bits per heavy atom. The highest BCUT2D eigenvalue weighted by atomic mass is 16.5. The van der Waals surface area contributed by atoms with Crippen molar-refractivity contribution in [2.24, 2.45) is 0 Å². The van der Waals surface area contributed by atoms with Crippen LogP contribution in [-0.4, -0.2) is 59.3 Å². The number of hydrogen-bond donors (Lipinski definition) is 4. The Balaban J connectivity index is 4.18. The van der Waals surface area contributed by atoms with E-state index in [2.05, 4.69) is 79.2 Å². The van der Waals surface area contributed by atoms with Crippen LogP contribution >= 0.6 is 0 Å². The number of aliphatic hydroxyl groups excluding tert-OH is 1. The number of hydrogen-bond acceptors (Lipinski definition) is 6. The smallest absolute Gasteiger partial charge is 0.328 e. The summed E-state index contributed by atoms with van der Waals surface area (Å²) in [6, 6.07) is -1.39. The number of aliphatic hydroxyl groups is 1. The minimum atomic E-state index is -1.39. The molecule has 332 valence electrons. The SMILES string of the molecule is CC/C=C\C/C=C\C/C=C\C(CCCCCCCCC(=O)NCC(=O)NC(CO)C(=O)O)OC(=O)CCCCCCCCCCC/C=C\C/C=C\CCCCCCC. The molecule has 0 aliphatic carbocycles. The summed E-state index contributed by atoms with van der Waals surface area (Å²) in [6.45, 7) is 3.35. The van der Waals surface area contributed by atoms with Crippen LogP contribution in [0, 0.1) is 0 Å². The summed E-state index contributed by atoms with van der Waals surface area (Å²) in [5.41, 5.74) is 0. The number of nitrogens with one attached hydrogen (secondary N) is 2. The fraction of sp³-hybridized carbons (Fsp3) is 0.714. The lowest BCUT2D eigenvalue weighted by Crippen LogP contribution is -2.47. The van der Waals surface area contributed by atoms with E-state index in [1.165, 1.54) is 89.9 Å². The van der Waals surface area contributed by atoms with E-state index < -0.39 is 24.5 Å². The third-order valence-electron chi connectivity index (χ3n) is 9.98. The zero-order chi connectivity index (χ0) is 42.6. The number of carbonyl (C=O) groups is 4. The molecular formula is C49H84N2O7. The summed E-state index contributed by atoms with van der Waals surface area (Å²) in [6.07, 6.45) is 52.9. The highest BCUT2D eigenvalue weighted by molar-refractivity contribution is 5.87. The first-order chi connectivity index (χ1) is 28.3. The Bertz CT molecular complexity index is 1160. The molecule has 2 unspecified atom stereocenters. The van der Waals surface area contributed by atoms with Crippen LogP contribution in [0.2, 0.25) is 0 Å². The van der Waals surface area contributed by atoms with Gasteiger partial charge in [0.15, 0.2) is 0 Å². The van der Waals surface area contributed by atoms with Crippen LogP contribution < -0.4 is 10.6 Å². The number of rotatable bonds is 41. The predicted octanol–water partition coefficient (Wildman–Crippen LogP) is 11.7. The van der Waals surface area contributed by atoms with E-state index >= 15 is 0 Å². The number of aliphatic carboxylic acids is 1. The maximum Gasteiger partial charge on any atom is 0.328 e. The molecule has 0 aromatic rings. The number of unbranched alkanes of at least 4 members (excludes halogenated alkanes) is 19. The zero-order valence-corrected chi connectivity index (χ0v) is 36.8. The molecule has 0 saturated carbocycles. The van der Waals surface area contributed by atoms with Crippen LogP contribution in [0.3, 0.4) is 0 Å². The van der Waals surface area contributed by atoms with Gasteiger partial charge in [-0.25, -0.2) is 4.79 Å². The minimum absolute atomic E-state index is 0.108. The first kappa shape index (κ1) is 54.5. The molecule has 0 fully saturated rings. The molecule has 0 aromatic heterocycles. The lowest BCUT2D eigenvalue weighted by atomic mass is 10.0. The van der Waals surface area contributed by atoms with Gasteiger partial charge >= 0.3 is 11.9 Å². The Morgan fingerprint density at radius 2 is 1.03 bits per heavy atom. The molecular weight excluding hydrogens is 729 g/mol. The molecule has 0 aromatic carbocycles. The normalized spacial score (nSPS) is 13.0. The average Bonchev–Trinajstić information content (AvgIpc) is 3.21. The van der Waals surface area contributed by atoms with Crippen molar-refractivity contribution in [1.82, 2.24) is 10.6 Å². The maximum absolute atomic E-state index is 12.7. The van der Waals surface area contributed by atoms with Crippen molar-refractivity contribution in [1.29, 1.82) is 0 Å². The number of carboxylic acid groups (broad SMARTS) is 1. The standard InChI is InChI=1S/C49H84N2O7/c1-3-5-7-9-11-13-14-15-16-17-18-19-20-21-22-23-24-25-27-33-37-41-48(55)58-44(38-34-30-26-12-10-8-6-4-2)39-35-31-28-29-32-36-40-46(53)50-42-47(54)51-45(43-52)49(56)57/h6,8,12,14-15,17-18,26,34,38,44-45,52H,3-5,7,9-11,13,16,19-25,27-33,35-37,39-43H2,1-2H3,(H,50,53)(H,51,54)(H,56,57)/b8-6-,15-14-,18-17-,26-12-,38-34-. The highest BCUT2D eigenvalue weighted by Gasteiger charge is 2.18. The Morgan fingerprint density at radius 1 is 0.552 bits per heavy atom. The van der Waals surface area contributed by atoms with Crippen molar-refractivity contribution in [2.45, 2.75) is 212 Å². The van der Waals surface area contributed by atoms with Gasteiger partial charge in [-0.2, -0.15) is 0 Å². The summed E-state index contributed by atoms with van der Waals surface area (Å²) in [5, 5.41) is 22.5. The van der Waals surface area contributed by atoms with Gasteiger partial charge in [0, 0.05) is 12.8 Å². The fourth-order valence-electron chi connectivity index (χ4n) is 6.44. The molecule has 58 heavy (non-hydrogen) atoms. The van der Waals surface area contributed by atoms with Gasteiger partial charge in [-0.3, -0.25) is 14.4 Å². The van der Waals surface area contributed by atoms with Crippen molar-refractivity contribution in [3.05, 3.63) is 60.8 Å². The molecule has 2 atom stereocenters. The van der Waals surface area contributed by atoms with Crippen LogP contribution in [0.25, 0.3) is 0 Å². The van der Waals surface area contributed by atoms with Crippen LogP contribution in [0.15, 0.2) is 60.8 Å². The van der Waals surface area contributed by atoms with Crippen molar-refractivity contribution in [3.63, 3.8) is 0 Å². The molecule has 0 heterocycles. The molecule has 0 saturated heterocycles. The van der Waals surface area contributed by atoms with Crippen LogP contribution in [0.5, 0.6) is 0 Å². The van der Waals surface area contributed by atoms with Crippen molar-refractivity contribution >= 4 is 23.8 Å². The van der Waals surface area contributed by atoms with E-state index in [4.69, 9.17) is 14.9 Å². The quantitative estimate of drug-likeness (QED) is 0.0273. The first-order valence-electron chi connectivity index (χ1n) is 23.2. The van der Waals surface area contributed by atoms with Crippen molar-refractivity contribution < 1.29 is 34.1 Å². The van der Waals surface area contributed by atoms with Crippen molar-refractivity contribution in [3.8, 4) is 0 Å². The second-order valence-corrected chi connectivity index (χ2v) is 15.5. The largest absolute Gasteiger partial charge is 0.480 e. The highest BCUT2D eigenvalue weighted by Crippen LogP contribution is 2.16. The number of amides is 2. The van der Waals surface area contributed by atoms with Crippen LogP contribution in [-0.2, 0) is 23.9 Å². The van der Waals surface area contributed by atoms with E-state index in [-0.39, 0.29) is 30.9 Å². The molecule has 0 radical (unpaired) electrons. The van der Waals surface area contributed by atoms with E-state index in [1.807, 2.05) is 6.08 Å². The summed E-state index contributed by atoms with van der Waals surface area (Å²) in [4.78, 5) is 47.5. The Kier molecular flexibility index (Phi) is 40.6. The van der Waals surface area contributed by atoms with E-state index in [0.29, 0.717) is 12.8 Å². The van der Waals surface area contributed by atoms with Crippen LogP contribution in [0.1, 0.15) is 200 Å². The maximum atomic E-state index is 12.7. The monoisotopic (exact) mass is 813 g/mol. The van der Waals surface area contributed by atoms with E-state index in [9.17, 15) is 19.2 Å². The van der Waals surface area contributed by atoms with E-state index in [1.54, 1.807) is 0 Å². The second-order valence-electron chi connectivity index (χ2n) is 15.5. The molecule has 2 amide bonds. The summed E-state index contributed by atoms with van der Waals surface area (Å²) >= 11 is 0. The minimum Gasteiger partial charge on any atom is -0.480 e. The zero-order valence-electron chi connectivity index (χ0n) is 36.8. The number of esters is 1. The summed E-state index contributed by atoms with van der Waals surface area (Å²) in [7, 11) is 0. The number of carboxylic acids is 1. The molecule has 0 aliphatic rings. The summed E-state index contributed by atoms with van der Waals surface area (Å²) < 4.78 is 5.92. The lowest BCUT2D eigenvalue weighted by molar-refractivity contribution is -0.147. The van der Waals surface area contributed by atoms with Gasteiger partial charge in [-0.1, -0.05) is 165 Å². The molecule has 0 spiro atoms. The number of carbonyl (C=O) groups excluding carboxylic acids is 3. The molecule has 9 nitrogen and oxygen atoms in total. The van der Waals surface area contributed by atoms with Crippen LogP contribution in [0.4, 0.5) is 0 Å². The fourth-order valence-corrected chi connectivity index (χ4v) is 6.44. The second kappa shape index (κ2) is 43.1. The van der Waals surface area contributed by atoms with Gasteiger partial charge in [-0.05, 0) is 83.1 Å². The van der Waals surface area contributed by atoms with E-state index in [0.717, 1.165) is 77.0 Å². The summed E-state index contributed by atoms with van der Waals surface area (Å²) in [5.74, 6) is -2.37. The third-order valence-corrected chi connectivity index (χ3v) is 9.98. The van der Waals surface area contributed by atoms with Gasteiger partial charge in [0.1, 0.15) is 12.1 Å². The topological polar surface area (TPSA) is 142 Å². The first-order valence-corrected chi connectivity index (χ1v) is 23.2. The molecule has 0 aliphatic heterocycles.